The van der Waals surface area contributed by atoms with Crippen LogP contribution in [0.1, 0.15) is 40.5 Å². The lowest BCUT2D eigenvalue weighted by atomic mass is 10.3. The zero-order valence-electron chi connectivity index (χ0n) is 9.88. The molecule has 1 amide bonds. The Bertz CT molecular complexity index is 155. The van der Waals surface area contributed by atoms with E-state index >= 15 is 0 Å². The van der Waals surface area contributed by atoms with Gasteiger partial charge in [0.15, 0.2) is 0 Å². The standard InChI is InChI=1S/C11H23NO2/c1-5-10(4)14-9-8-11(13)12(6-2)7-3/h10H,5-9H2,1-4H3. The zero-order valence-corrected chi connectivity index (χ0v) is 9.88. The van der Waals surface area contributed by atoms with Crippen molar-refractivity contribution in [3.63, 3.8) is 0 Å². The fourth-order valence-corrected chi connectivity index (χ4v) is 1.20. The molecule has 0 fully saturated rings. The highest BCUT2D eigenvalue weighted by atomic mass is 16.5. The van der Waals surface area contributed by atoms with Crippen LogP contribution in [0.15, 0.2) is 0 Å². The van der Waals surface area contributed by atoms with Crippen molar-refractivity contribution in [2.45, 2.75) is 46.6 Å². The van der Waals surface area contributed by atoms with E-state index in [0.717, 1.165) is 19.5 Å². The van der Waals surface area contributed by atoms with Gasteiger partial charge in [-0.2, -0.15) is 0 Å². The molecule has 0 aromatic rings. The minimum Gasteiger partial charge on any atom is -0.378 e. The van der Waals surface area contributed by atoms with Crippen LogP contribution in [0.5, 0.6) is 0 Å². The monoisotopic (exact) mass is 201 g/mol. The fourth-order valence-electron chi connectivity index (χ4n) is 1.20. The number of nitrogens with zero attached hydrogens (tertiary/aromatic N) is 1. The van der Waals surface area contributed by atoms with Gasteiger partial charge in [0.25, 0.3) is 0 Å². The fraction of sp³-hybridized carbons (Fsp3) is 0.909. The van der Waals surface area contributed by atoms with Crippen molar-refractivity contribution in [3.8, 4) is 0 Å². The van der Waals surface area contributed by atoms with Crippen molar-refractivity contribution < 1.29 is 9.53 Å². The Balaban J connectivity index is 3.62. The molecule has 84 valence electrons. The van der Waals surface area contributed by atoms with E-state index < -0.39 is 0 Å². The van der Waals surface area contributed by atoms with E-state index in [1.54, 1.807) is 0 Å². The summed E-state index contributed by atoms with van der Waals surface area (Å²) in [6, 6.07) is 0. The number of rotatable bonds is 7. The SMILES string of the molecule is CCC(C)OCCC(=O)N(CC)CC. The molecule has 1 atom stereocenters. The second-order valence-electron chi connectivity index (χ2n) is 3.41. The molecule has 3 nitrogen and oxygen atoms in total. The molecule has 0 aliphatic carbocycles. The van der Waals surface area contributed by atoms with E-state index in [0.29, 0.717) is 13.0 Å². The maximum absolute atomic E-state index is 11.5. The number of carbonyl (C=O) groups excluding carboxylic acids is 1. The van der Waals surface area contributed by atoms with Crippen molar-refractivity contribution in [1.29, 1.82) is 0 Å². The smallest absolute Gasteiger partial charge is 0.224 e. The Hall–Kier alpha value is -0.570. The first kappa shape index (κ1) is 13.4. The second-order valence-corrected chi connectivity index (χ2v) is 3.41. The van der Waals surface area contributed by atoms with Gasteiger partial charge in [0, 0.05) is 13.1 Å². The van der Waals surface area contributed by atoms with Crippen LogP contribution in [-0.4, -0.2) is 36.6 Å². The van der Waals surface area contributed by atoms with Crippen LogP contribution >= 0.6 is 0 Å². The molecule has 0 bridgehead atoms. The Morgan fingerprint density at radius 3 is 2.29 bits per heavy atom. The average Bonchev–Trinajstić information content (AvgIpc) is 2.19. The summed E-state index contributed by atoms with van der Waals surface area (Å²) in [5, 5.41) is 0. The Labute approximate surface area is 87.4 Å². The Kier molecular flexibility index (Phi) is 7.48. The topological polar surface area (TPSA) is 29.5 Å². The molecule has 3 heteroatoms. The molecule has 14 heavy (non-hydrogen) atoms. The number of amides is 1. The third-order valence-electron chi connectivity index (χ3n) is 2.41. The van der Waals surface area contributed by atoms with Gasteiger partial charge in [-0.25, -0.2) is 0 Å². The normalized spacial score (nSPS) is 12.6. The van der Waals surface area contributed by atoms with Gasteiger partial charge in [-0.15, -0.1) is 0 Å². The van der Waals surface area contributed by atoms with Crippen molar-refractivity contribution >= 4 is 5.91 Å². The summed E-state index contributed by atoms with van der Waals surface area (Å²) in [6.07, 6.45) is 1.77. The predicted molar refractivity (Wildman–Crippen MR) is 58.3 cm³/mol. The lowest BCUT2D eigenvalue weighted by Crippen LogP contribution is -2.31. The van der Waals surface area contributed by atoms with Gasteiger partial charge in [-0.05, 0) is 27.2 Å². The maximum Gasteiger partial charge on any atom is 0.224 e. The Morgan fingerprint density at radius 1 is 1.29 bits per heavy atom. The Morgan fingerprint density at radius 2 is 1.86 bits per heavy atom. The van der Waals surface area contributed by atoms with Crippen LogP contribution in [0.2, 0.25) is 0 Å². The van der Waals surface area contributed by atoms with E-state index in [-0.39, 0.29) is 12.0 Å². The molecule has 0 aromatic heterocycles. The van der Waals surface area contributed by atoms with Gasteiger partial charge < -0.3 is 9.64 Å². The first-order valence-corrected chi connectivity index (χ1v) is 5.55. The first-order chi connectivity index (χ1) is 6.65. The van der Waals surface area contributed by atoms with Gasteiger partial charge in [0.1, 0.15) is 0 Å². The first-order valence-electron chi connectivity index (χ1n) is 5.55. The summed E-state index contributed by atoms with van der Waals surface area (Å²) in [6.45, 7) is 10.2. The summed E-state index contributed by atoms with van der Waals surface area (Å²) in [4.78, 5) is 13.4. The van der Waals surface area contributed by atoms with Crippen LogP contribution in [0.3, 0.4) is 0 Å². The molecule has 0 spiro atoms. The van der Waals surface area contributed by atoms with Crippen molar-refractivity contribution in [2.24, 2.45) is 0 Å². The zero-order chi connectivity index (χ0) is 11.0. The molecule has 1 unspecified atom stereocenters. The van der Waals surface area contributed by atoms with Gasteiger partial charge in [-0.1, -0.05) is 6.92 Å². The molecule has 0 radical (unpaired) electrons. The van der Waals surface area contributed by atoms with E-state index in [1.165, 1.54) is 0 Å². The summed E-state index contributed by atoms with van der Waals surface area (Å²) in [5.41, 5.74) is 0. The molecular weight excluding hydrogens is 178 g/mol. The molecule has 0 N–H and O–H groups in total. The summed E-state index contributed by atoms with van der Waals surface area (Å²) >= 11 is 0. The van der Waals surface area contributed by atoms with E-state index in [4.69, 9.17) is 4.74 Å². The lowest BCUT2D eigenvalue weighted by molar-refractivity contribution is -0.132. The maximum atomic E-state index is 11.5. The molecule has 0 aromatic carbocycles. The highest BCUT2D eigenvalue weighted by molar-refractivity contribution is 5.76. The van der Waals surface area contributed by atoms with Gasteiger partial charge in [0.2, 0.25) is 5.91 Å². The molecular formula is C11H23NO2. The molecule has 0 saturated heterocycles. The largest absolute Gasteiger partial charge is 0.378 e. The summed E-state index contributed by atoms with van der Waals surface area (Å²) in [5.74, 6) is 0.193. The number of hydrogen-bond donors (Lipinski definition) is 0. The van der Waals surface area contributed by atoms with Crippen LogP contribution in [0.4, 0.5) is 0 Å². The number of hydrogen-bond acceptors (Lipinski definition) is 2. The predicted octanol–water partition coefficient (Wildman–Crippen LogP) is 2.06. The minimum absolute atomic E-state index is 0.193. The van der Waals surface area contributed by atoms with Crippen molar-refractivity contribution in [1.82, 2.24) is 4.90 Å². The van der Waals surface area contributed by atoms with Crippen LogP contribution in [0, 0.1) is 0 Å². The van der Waals surface area contributed by atoms with Gasteiger partial charge in [-0.3, -0.25) is 4.79 Å². The summed E-state index contributed by atoms with van der Waals surface area (Å²) < 4.78 is 5.45. The highest BCUT2D eigenvalue weighted by Gasteiger charge is 2.09. The van der Waals surface area contributed by atoms with Crippen LogP contribution in [0.25, 0.3) is 0 Å². The highest BCUT2D eigenvalue weighted by Crippen LogP contribution is 1.99. The third-order valence-corrected chi connectivity index (χ3v) is 2.41. The molecule has 0 saturated carbocycles. The molecule has 0 aliphatic heterocycles. The van der Waals surface area contributed by atoms with Crippen molar-refractivity contribution in [2.75, 3.05) is 19.7 Å². The third kappa shape index (κ3) is 5.22. The van der Waals surface area contributed by atoms with Gasteiger partial charge in [0.05, 0.1) is 19.1 Å². The average molecular weight is 201 g/mol. The second kappa shape index (κ2) is 7.80. The van der Waals surface area contributed by atoms with Crippen LogP contribution < -0.4 is 0 Å². The lowest BCUT2D eigenvalue weighted by Gasteiger charge is -2.19. The molecule has 0 aliphatic rings. The number of carbonyl (C=O) groups is 1. The molecule has 0 heterocycles. The number of ether oxygens (including phenoxy) is 1. The van der Waals surface area contributed by atoms with Gasteiger partial charge >= 0.3 is 0 Å². The summed E-state index contributed by atoms with van der Waals surface area (Å²) in [7, 11) is 0. The van der Waals surface area contributed by atoms with Crippen molar-refractivity contribution in [3.05, 3.63) is 0 Å². The van der Waals surface area contributed by atoms with E-state index in [2.05, 4.69) is 6.92 Å². The minimum atomic E-state index is 0.193. The van der Waals surface area contributed by atoms with E-state index in [9.17, 15) is 4.79 Å². The quantitative estimate of drug-likeness (QED) is 0.631. The molecule has 0 rings (SSSR count). The van der Waals surface area contributed by atoms with E-state index in [1.807, 2.05) is 25.7 Å². The van der Waals surface area contributed by atoms with Crippen LogP contribution in [-0.2, 0) is 9.53 Å².